The minimum Gasteiger partial charge on any atom is -0.207 e. The highest BCUT2D eigenvalue weighted by atomic mass is 19.1. The van der Waals surface area contributed by atoms with E-state index >= 15 is 0 Å². The predicted molar refractivity (Wildman–Crippen MR) is 181 cm³/mol. The van der Waals surface area contributed by atoms with Crippen molar-refractivity contribution in [2.45, 2.75) is 99.8 Å². The van der Waals surface area contributed by atoms with Crippen molar-refractivity contribution in [2.24, 2.45) is 0 Å². The minimum absolute atomic E-state index is 0.0967. The molecule has 0 heterocycles. The predicted octanol–water partition coefficient (Wildman–Crippen LogP) is 12.6. The van der Waals surface area contributed by atoms with Gasteiger partial charge in [-0.15, -0.1) is 0 Å². The zero-order valence-electron chi connectivity index (χ0n) is 28.7. The Kier molecular flexibility index (Phi) is 16.3. The number of benzene rings is 4. The first-order valence-electron chi connectivity index (χ1n) is 15.5. The molecule has 0 aliphatic rings. The number of nitrogens with zero attached hydrogens (tertiary/aromatic N) is 1. The number of nitriles is 1. The molecular formula is C40H49F4N. The molecule has 0 N–H and O–H groups in total. The van der Waals surface area contributed by atoms with Gasteiger partial charge in [-0.25, -0.2) is 17.6 Å². The van der Waals surface area contributed by atoms with Gasteiger partial charge in [0, 0.05) is 5.56 Å². The van der Waals surface area contributed by atoms with Gasteiger partial charge < -0.3 is 0 Å². The highest BCUT2D eigenvalue weighted by Crippen LogP contribution is 2.21. The van der Waals surface area contributed by atoms with Crippen molar-refractivity contribution < 1.29 is 17.6 Å². The maximum Gasteiger partial charge on any atom is 0.140 e. The maximum atomic E-state index is 13.0. The summed E-state index contributed by atoms with van der Waals surface area (Å²) in [5.41, 5.74) is 6.46. The van der Waals surface area contributed by atoms with E-state index < -0.39 is 17.5 Å². The normalized spacial score (nSPS) is 10.4. The van der Waals surface area contributed by atoms with Crippen molar-refractivity contribution in [1.29, 1.82) is 5.26 Å². The lowest BCUT2D eigenvalue weighted by atomic mass is 10.0. The van der Waals surface area contributed by atoms with Gasteiger partial charge in [-0.05, 0) is 103 Å². The lowest BCUT2D eigenvalue weighted by molar-refractivity contribution is 0.562. The maximum absolute atomic E-state index is 13.0. The molecule has 0 bridgehead atoms. The van der Waals surface area contributed by atoms with Gasteiger partial charge >= 0.3 is 0 Å². The summed E-state index contributed by atoms with van der Waals surface area (Å²) in [7, 11) is 0. The van der Waals surface area contributed by atoms with Crippen molar-refractivity contribution in [3.8, 4) is 6.07 Å². The van der Waals surface area contributed by atoms with Crippen LogP contribution in [0.25, 0.3) is 0 Å². The molecule has 5 heteroatoms. The molecule has 0 radical (unpaired) electrons. The Hall–Kier alpha value is -3.91. The molecule has 0 spiro atoms. The summed E-state index contributed by atoms with van der Waals surface area (Å²) in [6.45, 7) is 21.7. The minimum atomic E-state index is -0.460. The quantitative estimate of drug-likeness (QED) is 0.209. The standard InChI is InChI=1S/C10H12F2.C10H10FN.C10H13F.C10H14/c1-6(2)8-4-9(11)7(3)10(12)5-8;1-7(2)8-3-4-10(11)9(5-8)6-12;1-7(2)9-5-4-8(3)10(11)6-9;1-8(2)10-6-4-9(3)5-7-10/h4-6H,1-3H3;3-5,7H,1-2H3;4-7H,1-3H3;4-8H,1-3H3. The van der Waals surface area contributed by atoms with Crippen LogP contribution in [0.4, 0.5) is 17.6 Å². The van der Waals surface area contributed by atoms with Gasteiger partial charge in [-0.2, -0.15) is 5.26 Å². The van der Waals surface area contributed by atoms with Crippen LogP contribution >= 0.6 is 0 Å². The fourth-order valence-corrected chi connectivity index (χ4v) is 3.91. The second-order valence-corrected chi connectivity index (χ2v) is 12.5. The van der Waals surface area contributed by atoms with Crippen LogP contribution in [0.1, 0.15) is 124 Å². The number of rotatable bonds is 4. The highest BCUT2D eigenvalue weighted by Gasteiger charge is 2.08. The van der Waals surface area contributed by atoms with E-state index in [1.54, 1.807) is 25.1 Å². The number of halogens is 4. The molecule has 4 rings (SSSR count). The first kappa shape index (κ1) is 39.1. The van der Waals surface area contributed by atoms with E-state index in [1.165, 1.54) is 36.2 Å². The lowest BCUT2D eigenvalue weighted by Gasteiger charge is -2.07. The third kappa shape index (κ3) is 13.3. The molecule has 0 aromatic heterocycles. The van der Waals surface area contributed by atoms with Crippen LogP contribution in [0.3, 0.4) is 0 Å². The van der Waals surface area contributed by atoms with Crippen LogP contribution in [0.2, 0.25) is 0 Å². The molecule has 0 aliphatic carbocycles. The average molecular weight is 620 g/mol. The van der Waals surface area contributed by atoms with E-state index in [9.17, 15) is 17.6 Å². The zero-order chi connectivity index (χ0) is 34.4. The zero-order valence-corrected chi connectivity index (χ0v) is 28.7. The van der Waals surface area contributed by atoms with Crippen molar-refractivity contribution in [3.05, 3.63) is 141 Å². The Bertz CT molecular complexity index is 1500. The fraction of sp³-hybridized carbons (Fsp3) is 0.375. The van der Waals surface area contributed by atoms with E-state index in [-0.39, 0.29) is 22.9 Å². The van der Waals surface area contributed by atoms with Crippen LogP contribution < -0.4 is 0 Å². The lowest BCUT2D eigenvalue weighted by Crippen LogP contribution is -1.94. The van der Waals surface area contributed by atoms with Gasteiger partial charge in [-0.3, -0.25) is 0 Å². The van der Waals surface area contributed by atoms with E-state index in [1.807, 2.05) is 45.9 Å². The van der Waals surface area contributed by atoms with Crippen molar-refractivity contribution in [1.82, 2.24) is 0 Å². The summed E-state index contributed by atoms with van der Waals surface area (Å²) in [5.74, 6) is 0.0912. The van der Waals surface area contributed by atoms with E-state index in [0.29, 0.717) is 23.3 Å². The van der Waals surface area contributed by atoms with E-state index in [4.69, 9.17) is 5.26 Å². The molecular weight excluding hydrogens is 570 g/mol. The highest BCUT2D eigenvalue weighted by molar-refractivity contribution is 5.35. The number of aryl methyl sites for hydroxylation is 2. The van der Waals surface area contributed by atoms with Crippen LogP contribution in [0.5, 0.6) is 0 Å². The Morgan fingerprint density at radius 2 is 0.867 bits per heavy atom. The monoisotopic (exact) mass is 619 g/mol. The second kappa shape index (κ2) is 18.8. The first-order valence-corrected chi connectivity index (χ1v) is 15.5. The summed E-state index contributed by atoms with van der Waals surface area (Å²) in [6, 6.07) is 23.4. The van der Waals surface area contributed by atoms with E-state index in [2.05, 4.69) is 58.9 Å². The molecule has 45 heavy (non-hydrogen) atoms. The smallest absolute Gasteiger partial charge is 0.140 e. The molecule has 0 fully saturated rings. The second-order valence-electron chi connectivity index (χ2n) is 12.5. The summed E-state index contributed by atoms with van der Waals surface area (Å²) in [6.07, 6.45) is 0. The van der Waals surface area contributed by atoms with Crippen LogP contribution in [-0.2, 0) is 0 Å². The average Bonchev–Trinajstić information content (AvgIpc) is 2.98. The molecule has 4 aromatic rings. The van der Waals surface area contributed by atoms with Crippen LogP contribution in [0.15, 0.2) is 72.8 Å². The fourth-order valence-electron chi connectivity index (χ4n) is 3.91. The van der Waals surface area contributed by atoms with Gasteiger partial charge in [0.25, 0.3) is 0 Å². The van der Waals surface area contributed by atoms with Crippen molar-refractivity contribution in [2.75, 3.05) is 0 Å². The van der Waals surface area contributed by atoms with Gasteiger partial charge in [0.1, 0.15) is 29.3 Å². The molecule has 0 amide bonds. The summed E-state index contributed by atoms with van der Waals surface area (Å²) >= 11 is 0. The van der Waals surface area contributed by atoms with Gasteiger partial charge in [0.15, 0.2) is 0 Å². The van der Waals surface area contributed by atoms with Crippen LogP contribution in [-0.4, -0.2) is 0 Å². The van der Waals surface area contributed by atoms with Gasteiger partial charge in [0.2, 0.25) is 0 Å². The molecule has 1 nitrogen and oxygen atoms in total. The SMILES string of the molecule is CC(C)c1ccc(F)c(C#N)c1.Cc1c(F)cc(C(C)C)cc1F.Cc1ccc(C(C)C)cc1.Cc1ccc(C(C)C)cc1F. The van der Waals surface area contributed by atoms with Gasteiger partial charge in [0.05, 0.1) is 5.56 Å². The Morgan fingerprint density at radius 3 is 1.29 bits per heavy atom. The Morgan fingerprint density at radius 1 is 0.467 bits per heavy atom. The van der Waals surface area contributed by atoms with Crippen LogP contribution in [0, 0.1) is 55.4 Å². The van der Waals surface area contributed by atoms with E-state index in [0.717, 1.165) is 16.7 Å². The summed E-state index contributed by atoms with van der Waals surface area (Å²) in [4.78, 5) is 0. The largest absolute Gasteiger partial charge is 0.207 e. The molecule has 242 valence electrons. The van der Waals surface area contributed by atoms with Crippen molar-refractivity contribution in [3.63, 3.8) is 0 Å². The number of hydrogen-bond acceptors (Lipinski definition) is 1. The first-order chi connectivity index (χ1) is 21.0. The molecule has 0 unspecified atom stereocenters. The molecule has 0 atom stereocenters. The Labute approximate surface area is 269 Å². The van der Waals surface area contributed by atoms with Gasteiger partial charge in [-0.1, -0.05) is 103 Å². The van der Waals surface area contributed by atoms with Crippen molar-refractivity contribution >= 4 is 0 Å². The Balaban J connectivity index is 0.000000301. The summed E-state index contributed by atoms with van der Waals surface area (Å²) in [5, 5.41) is 8.53. The number of hydrogen-bond donors (Lipinski definition) is 0. The molecule has 4 aromatic carbocycles. The third-order valence-electron chi connectivity index (χ3n) is 7.35. The molecule has 0 saturated heterocycles. The third-order valence-corrected chi connectivity index (χ3v) is 7.35. The topological polar surface area (TPSA) is 23.8 Å². The summed E-state index contributed by atoms with van der Waals surface area (Å²) < 4.78 is 51.7. The molecule has 0 aliphatic heterocycles. The molecule has 0 saturated carbocycles.